The topological polar surface area (TPSA) is 78.9 Å². The first-order valence-electron chi connectivity index (χ1n) is 10.1. The number of nitrogens with zero attached hydrogens (tertiary/aromatic N) is 1. The average molecular weight is 449 g/mol. The largest absolute Gasteiger partial charge is 0.494 e. The van der Waals surface area contributed by atoms with Gasteiger partial charge in [0.15, 0.2) is 0 Å². The summed E-state index contributed by atoms with van der Waals surface area (Å²) in [6.07, 6.45) is -0.847. The number of carbonyl (C=O) groups excluding carboxylic acids is 1. The van der Waals surface area contributed by atoms with E-state index in [1.165, 1.54) is 0 Å². The third kappa shape index (κ3) is 4.71. The first-order valence-corrected chi connectivity index (χ1v) is 13.6. The number of ether oxygens (including phenoxy) is 1. The summed E-state index contributed by atoms with van der Waals surface area (Å²) < 4.78 is 34.7. The highest BCUT2D eigenvalue weighted by molar-refractivity contribution is 6.88. The molecule has 0 saturated carbocycles. The summed E-state index contributed by atoms with van der Waals surface area (Å²) >= 11 is 0. The van der Waals surface area contributed by atoms with E-state index < -0.39 is 37.8 Å². The molecule has 2 aromatic rings. The zero-order valence-corrected chi connectivity index (χ0v) is 19.0. The number of fused-ring (bicyclic) bond motifs is 1. The van der Waals surface area contributed by atoms with Gasteiger partial charge in [0.25, 0.3) is 5.91 Å². The molecule has 0 aliphatic carbocycles. The minimum absolute atomic E-state index is 0.0986. The lowest BCUT2D eigenvalue weighted by molar-refractivity contribution is -0.121. The number of nitrogens with one attached hydrogen (secondary N) is 1. The van der Waals surface area contributed by atoms with Crippen LogP contribution in [0.2, 0.25) is 19.6 Å². The molecule has 1 atom stereocenters. The predicted molar refractivity (Wildman–Crippen MR) is 117 cm³/mol. The Balaban J connectivity index is 1.96. The van der Waals surface area contributed by atoms with Crippen LogP contribution < -0.4 is 15.2 Å². The monoisotopic (exact) mass is 448 g/mol. The fraction of sp³-hybridized carbons (Fsp3) is 0.364. The van der Waals surface area contributed by atoms with Crippen LogP contribution in [0.5, 0.6) is 5.75 Å². The van der Waals surface area contributed by atoms with E-state index in [1.807, 2.05) is 26.6 Å². The van der Waals surface area contributed by atoms with E-state index in [0.717, 1.165) is 22.6 Å². The zero-order chi connectivity index (χ0) is 22.9. The Morgan fingerprint density at radius 2 is 1.90 bits per heavy atom. The quantitative estimate of drug-likeness (QED) is 0.675. The van der Waals surface area contributed by atoms with Crippen molar-refractivity contribution in [3.63, 3.8) is 0 Å². The second-order valence-corrected chi connectivity index (χ2v) is 13.5. The van der Waals surface area contributed by atoms with Crippen LogP contribution in [-0.4, -0.2) is 43.2 Å². The zero-order valence-electron chi connectivity index (χ0n) is 18.0. The Bertz CT molecular complexity index is 1020. The SMILES string of the molecule is CCOc1ccc2c(c1)CCN(C(=O)O)[C@H]2C(=O)Nc1cc(F)c([Si](C)(C)C)cc1F. The number of carboxylic acid groups (broad SMARTS) is 1. The van der Waals surface area contributed by atoms with Crippen molar-refractivity contribution >= 4 is 30.9 Å². The molecule has 2 aromatic carbocycles. The van der Waals surface area contributed by atoms with Crippen LogP contribution in [0.1, 0.15) is 24.1 Å². The molecule has 2 N–H and O–H groups in total. The Morgan fingerprint density at radius 1 is 1.19 bits per heavy atom. The van der Waals surface area contributed by atoms with E-state index in [1.54, 1.807) is 18.2 Å². The predicted octanol–water partition coefficient (Wildman–Crippen LogP) is 4.12. The lowest BCUT2D eigenvalue weighted by atomic mass is 9.92. The summed E-state index contributed by atoms with van der Waals surface area (Å²) in [5.74, 6) is -1.46. The lowest BCUT2D eigenvalue weighted by Crippen LogP contribution is -2.45. The first-order chi connectivity index (χ1) is 14.5. The molecule has 1 heterocycles. The summed E-state index contributed by atoms with van der Waals surface area (Å²) in [5.41, 5.74) is 0.964. The Hall–Kier alpha value is -2.94. The van der Waals surface area contributed by atoms with Crippen LogP contribution in [0.15, 0.2) is 30.3 Å². The lowest BCUT2D eigenvalue weighted by Gasteiger charge is -2.34. The number of rotatable bonds is 5. The van der Waals surface area contributed by atoms with Crippen LogP contribution in [0, 0.1) is 11.6 Å². The Kier molecular flexibility index (Phi) is 6.35. The smallest absolute Gasteiger partial charge is 0.408 e. The number of hydrogen-bond acceptors (Lipinski definition) is 3. The van der Waals surface area contributed by atoms with Gasteiger partial charge >= 0.3 is 6.09 Å². The molecular formula is C22H26F2N2O4Si. The van der Waals surface area contributed by atoms with E-state index in [0.29, 0.717) is 29.5 Å². The molecule has 0 fully saturated rings. The van der Waals surface area contributed by atoms with E-state index >= 15 is 0 Å². The van der Waals surface area contributed by atoms with Crippen molar-refractivity contribution in [3.8, 4) is 5.75 Å². The maximum absolute atomic E-state index is 14.7. The third-order valence-corrected chi connectivity index (χ3v) is 7.27. The summed E-state index contributed by atoms with van der Waals surface area (Å²) in [6, 6.07) is 5.99. The van der Waals surface area contributed by atoms with Crippen molar-refractivity contribution in [2.45, 2.75) is 39.0 Å². The molecule has 1 aliphatic heterocycles. The van der Waals surface area contributed by atoms with E-state index in [9.17, 15) is 23.5 Å². The molecule has 0 radical (unpaired) electrons. The maximum atomic E-state index is 14.7. The Morgan fingerprint density at radius 3 is 2.52 bits per heavy atom. The van der Waals surface area contributed by atoms with Crippen molar-refractivity contribution in [3.05, 3.63) is 53.1 Å². The molecule has 3 rings (SSSR count). The van der Waals surface area contributed by atoms with Gasteiger partial charge in [-0.05, 0) is 47.9 Å². The molecule has 6 nitrogen and oxygen atoms in total. The van der Waals surface area contributed by atoms with E-state index in [2.05, 4.69) is 5.32 Å². The summed E-state index contributed by atoms with van der Waals surface area (Å²) in [4.78, 5) is 25.8. The van der Waals surface area contributed by atoms with Gasteiger partial charge in [0, 0.05) is 12.6 Å². The van der Waals surface area contributed by atoms with Gasteiger partial charge in [0.2, 0.25) is 0 Å². The molecule has 31 heavy (non-hydrogen) atoms. The Labute approximate surface area is 180 Å². The van der Waals surface area contributed by atoms with Crippen molar-refractivity contribution in [2.75, 3.05) is 18.5 Å². The van der Waals surface area contributed by atoms with Gasteiger partial charge in [-0.25, -0.2) is 13.6 Å². The number of carbonyl (C=O) groups is 2. The molecule has 166 valence electrons. The van der Waals surface area contributed by atoms with Gasteiger partial charge < -0.3 is 15.2 Å². The average Bonchev–Trinajstić information content (AvgIpc) is 2.68. The maximum Gasteiger partial charge on any atom is 0.408 e. The number of anilines is 1. The minimum atomic E-state index is -2.12. The molecule has 9 heteroatoms. The molecule has 0 aromatic heterocycles. The highest BCUT2D eigenvalue weighted by atomic mass is 28.3. The van der Waals surface area contributed by atoms with E-state index in [4.69, 9.17) is 4.74 Å². The van der Waals surface area contributed by atoms with Gasteiger partial charge in [-0.2, -0.15) is 0 Å². The second kappa shape index (κ2) is 8.66. The molecule has 0 saturated heterocycles. The second-order valence-electron chi connectivity index (χ2n) is 8.47. The van der Waals surface area contributed by atoms with Crippen LogP contribution in [0.25, 0.3) is 0 Å². The van der Waals surface area contributed by atoms with Crippen LogP contribution in [0.4, 0.5) is 19.3 Å². The number of amides is 2. The third-order valence-electron chi connectivity index (χ3n) is 5.27. The van der Waals surface area contributed by atoms with Crippen molar-refractivity contribution in [2.24, 2.45) is 0 Å². The highest BCUT2D eigenvalue weighted by Gasteiger charge is 2.37. The minimum Gasteiger partial charge on any atom is -0.494 e. The van der Waals surface area contributed by atoms with Crippen molar-refractivity contribution in [1.29, 1.82) is 0 Å². The first kappa shape index (κ1) is 22.7. The van der Waals surface area contributed by atoms with Gasteiger partial charge in [0.1, 0.15) is 23.4 Å². The molecule has 1 aliphatic rings. The van der Waals surface area contributed by atoms with Crippen LogP contribution in [0.3, 0.4) is 0 Å². The molecule has 0 spiro atoms. The fourth-order valence-electron chi connectivity index (χ4n) is 3.77. The van der Waals surface area contributed by atoms with Crippen LogP contribution >= 0.6 is 0 Å². The number of benzene rings is 2. The van der Waals surface area contributed by atoms with Crippen molar-refractivity contribution < 1.29 is 28.2 Å². The molecular weight excluding hydrogens is 422 g/mol. The summed E-state index contributed by atoms with van der Waals surface area (Å²) in [6.45, 7) is 8.10. The molecule has 0 unspecified atom stereocenters. The van der Waals surface area contributed by atoms with Crippen molar-refractivity contribution in [1.82, 2.24) is 4.90 Å². The molecule has 0 bridgehead atoms. The number of hydrogen-bond donors (Lipinski definition) is 2. The van der Waals surface area contributed by atoms with Gasteiger partial charge in [-0.3, -0.25) is 9.69 Å². The summed E-state index contributed by atoms with van der Waals surface area (Å²) in [5, 5.41) is 12.3. The van der Waals surface area contributed by atoms with E-state index in [-0.39, 0.29) is 12.2 Å². The normalized spacial score (nSPS) is 15.9. The number of halogens is 2. The van der Waals surface area contributed by atoms with Gasteiger partial charge in [0.05, 0.1) is 20.4 Å². The molecule has 2 amide bonds. The fourth-order valence-corrected chi connectivity index (χ4v) is 5.12. The highest BCUT2D eigenvalue weighted by Crippen LogP contribution is 2.33. The van der Waals surface area contributed by atoms with Gasteiger partial charge in [-0.1, -0.05) is 25.7 Å². The van der Waals surface area contributed by atoms with Gasteiger partial charge in [-0.15, -0.1) is 0 Å². The standard InChI is InChI=1S/C22H26F2N2O4Si/c1-5-30-14-6-7-15-13(10-14)8-9-26(22(28)29)20(15)21(27)25-18-11-17(24)19(12-16(18)23)31(2,3)4/h6-7,10-12,20H,5,8-9H2,1-4H3,(H,25,27)(H,28,29)/t20-/m1/s1. The summed E-state index contributed by atoms with van der Waals surface area (Å²) in [7, 11) is -2.12. The van der Waals surface area contributed by atoms with Crippen LogP contribution in [-0.2, 0) is 11.2 Å².